The van der Waals surface area contributed by atoms with Crippen molar-refractivity contribution in [2.45, 2.75) is 38.7 Å². The Hall–Kier alpha value is -0.740. The highest BCUT2D eigenvalue weighted by Gasteiger charge is 2.34. The van der Waals surface area contributed by atoms with E-state index in [4.69, 9.17) is 17.0 Å². The van der Waals surface area contributed by atoms with E-state index in [9.17, 15) is 0 Å². The molecule has 16 heavy (non-hydrogen) atoms. The average molecular weight is 238 g/mol. The summed E-state index contributed by atoms with van der Waals surface area (Å²) in [5.41, 5.74) is 1.17. The summed E-state index contributed by atoms with van der Waals surface area (Å²) in [5.74, 6) is 1.53. The van der Waals surface area contributed by atoms with Crippen LogP contribution in [0.25, 0.3) is 0 Å². The van der Waals surface area contributed by atoms with Gasteiger partial charge >= 0.3 is 0 Å². The van der Waals surface area contributed by atoms with E-state index in [0.29, 0.717) is 10.6 Å². The standard InChI is InChI=1S/C12H18N2OS/c1-3-4-9-7-10(16)14-12(13-9)11(15-2)8-5-6-8/h7-8,11H,3-6H2,1-2H3,(H,13,14,16). The van der Waals surface area contributed by atoms with Gasteiger partial charge in [-0.1, -0.05) is 25.6 Å². The van der Waals surface area contributed by atoms with Gasteiger partial charge in [0.15, 0.2) is 0 Å². The van der Waals surface area contributed by atoms with Crippen molar-refractivity contribution in [3.63, 3.8) is 0 Å². The molecule has 1 heterocycles. The minimum atomic E-state index is 0.0958. The number of aromatic amines is 1. The van der Waals surface area contributed by atoms with Crippen LogP contribution in [0.5, 0.6) is 0 Å². The zero-order valence-electron chi connectivity index (χ0n) is 9.82. The second kappa shape index (κ2) is 5.06. The number of rotatable bonds is 5. The maximum Gasteiger partial charge on any atom is 0.137 e. The summed E-state index contributed by atoms with van der Waals surface area (Å²) >= 11 is 5.19. The van der Waals surface area contributed by atoms with Crippen molar-refractivity contribution in [3.8, 4) is 0 Å². The Labute approximate surface area is 101 Å². The molecule has 0 aromatic carbocycles. The molecule has 1 aromatic heterocycles. The van der Waals surface area contributed by atoms with Crippen LogP contribution in [0.1, 0.15) is 43.8 Å². The molecule has 1 saturated carbocycles. The first kappa shape index (κ1) is 11.7. The van der Waals surface area contributed by atoms with Crippen LogP contribution in [0.2, 0.25) is 0 Å². The Balaban J connectivity index is 2.27. The summed E-state index contributed by atoms with van der Waals surface area (Å²) in [6.45, 7) is 2.16. The summed E-state index contributed by atoms with van der Waals surface area (Å²) in [7, 11) is 1.74. The minimum Gasteiger partial charge on any atom is -0.373 e. The van der Waals surface area contributed by atoms with E-state index < -0.39 is 0 Å². The summed E-state index contributed by atoms with van der Waals surface area (Å²) in [4.78, 5) is 7.74. The minimum absolute atomic E-state index is 0.0958. The van der Waals surface area contributed by atoms with Gasteiger partial charge in [-0.2, -0.15) is 0 Å². The lowest BCUT2D eigenvalue weighted by Crippen LogP contribution is -2.10. The van der Waals surface area contributed by atoms with E-state index in [0.717, 1.165) is 18.7 Å². The zero-order chi connectivity index (χ0) is 11.5. The summed E-state index contributed by atoms with van der Waals surface area (Å²) in [6, 6.07) is 1.95. The molecule has 1 N–H and O–H groups in total. The molecule has 0 bridgehead atoms. The second-order valence-electron chi connectivity index (χ2n) is 4.37. The fourth-order valence-electron chi connectivity index (χ4n) is 1.99. The van der Waals surface area contributed by atoms with Crippen molar-refractivity contribution in [2.24, 2.45) is 5.92 Å². The fourth-order valence-corrected chi connectivity index (χ4v) is 2.23. The van der Waals surface area contributed by atoms with Crippen LogP contribution in [-0.4, -0.2) is 17.1 Å². The highest BCUT2D eigenvalue weighted by molar-refractivity contribution is 7.71. The van der Waals surface area contributed by atoms with Crippen LogP contribution in [0.3, 0.4) is 0 Å². The highest BCUT2D eigenvalue weighted by atomic mass is 32.1. The maximum atomic E-state index is 5.51. The largest absolute Gasteiger partial charge is 0.373 e. The number of ether oxygens (including phenoxy) is 1. The summed E-state index contributed by atoms with van der Waals surface area (Å²) in [6.07, 6.45) is 4.69. The number of aryl methyl sites for hydroxylation is 1. The molecule has 1 atom stereocenters. The van der Waals surface area contributed by atoms with E-state index in [-0.39, 0.29) is 6.10 Å². The molecule has 1 unspecified atom stereocenters. The lowest BCUT2D eigenvalue weighted by Gasteiger charge is -2.14. The van der Waals surface area contributed by atoms with Gasteiger partial charge in [-0.3, -0.25) is 0 Å². The quantitative estimate of drug-likeness (QED) is 0.801. The molecule has 0 aliphatic heterocycles. The molecule has 1 fully saturated rings. The maximum absolute atomic E-state index is 5.51. The SMILES string of the molecule is CCCc1cc(=S)nc(C(OC)C2CC2)[nH]1. The van der Waals surface area contributed by atoms with Crippen molar-refractivity contribution in [1.82, 2.24) is 9.97 Å². The predicted molar refractivity (Wildman–Crippen MR) is 65.9 cm³/mol. The van der Waals surface area contributed by atoms with Crippen LogP contribution in [0.15, 0.2) is 6.07 Å². The Morgan fingerprint density at radius 3 is 2.94 bits per heavy atom. The monoisotopic (exact) mass is 238 g/mol. The van der Waals surface area contributed by atoms with Gasteiger partial charge in [0.1, 0.15) is 16.6 Å². The van der Waals surface area contributed by atoms with Crippen LogP contribution >= 0.6 is 12.2 Å². The number of aromatic nitrogens is 2. The van der Waals surface area contributed by atoms with Crippen molar-refractivity contribution in [3.05, 3.63) is 22.2 Å². The second-order valence-corrected chi connectivity index (χ2v) is 4.79. The third kappa shape index (κ3) is 2.68. The Morgan fingerprint density at radius 2 is 2.38 bits per heavy atom. The van der Waals surface area contributed by atoms with Crippen LogP contribution in [0, 0.1) is 10.6 Å². The number of nitrogens with zero attached hydrogens (tertiary/aromatic N) is 1. The van der Waals surface area contributed by atoms with Gasteiger partial charge in [-0.05, 0) is 31.2 Å². The van der Waals surface area contributed by atoms with Crippen LogP contribution in [0.4, 0.5) is 0 Å². The van der Waals surface area contributed by atoms with Crippen LogP contribution in [-0.2, 0) is 11.2 Å². The van der Waals surface area contributed by atoms with E-state index in [1.165, 1.54) is 18.5 Å². The lowest BCUT2D eigenvalue weighted by molar-refractivity contribution is 0.0769. The fraction of sp³-hybridized carbons (Fsp3) is 0.667. The number of methoxy groups -OCH3 is 1. The first-order valence-electron chi connectivity index (χ1n) is 5.87. The third-order valence-electron chi connectivity index (χ3n) is 2.91. The van der Waals surface area contributed by atoms with E-state index in [1.54, 1.807) is 7.11 Å². The Kier molecular flexibility index (Phi) is 3.71. The van der Waals surface area contributed by atoms with Crippen molar-refractivity contribution < 1.29 is 4.74 Å². The van der Waals surface area contributed by atoms with Gasteiger partial charge in [0.05, 0.1) is 0 Å². The highest BCUT2D eigenvalue weighted by Crippen LogP contribution is 2.41. The molecule has 1 aromatic rings. The topological polar surface area (TPSA) is 37.9 Å². The normalized spacial score (nSPS) is 17.4. The predicted octanol–water partition coefficient (Wildman–Crippen LogP) is 3.19. The van der Waals surface area contributed by atoms with Gasteiger partial charge in [0.25, 0.3) is 0 Å². The van der Waals surface area contributed by atoms with E-state index in [2.05, 4.69) is 16.9 Å². The zero-order valence-corrected chi connectivity index (χ0v) is 10.6. The Bertz CT molecular complexity index is 412. The molecule has 0 radical (unpaired) electrons. The number of hydrogen-bond donors (Lipinski definition) is 1. The average Bonchev–Trinajstić information content (AvgIpc) is 3.03. The summed E-state index contributed by atoms with van der Waals surface area (Å²) < 4.78 is 6.17. The number of H-pyrrole nitrogens is 1. The van der Waals surface area contributed by atoms with E-state index in [1.807, 2.05) is 6.07 Å². The summed E-state index contributed by atoms with van der Waals surface area (Å²) in [5, 5.41) is 0. The lowest BCUT2D eigenvalue weighted by atomic mass is 10.2. The smallest absolute Gasteiger partial charge is 0.137 e. The molecule has 1 aliphatic carbocycles. The molecule has 1 aliphatic rings. The van der Waals surface area contributed by atoms with Crippen LogP contribution < -0.4 is 0 Å². The number of hydrogen-bond acceptors (Lipinski definition) is 3. The Morgan fingerprint density at radius 1 is 1.62 bits per heavy atom. The molecule has 88 valence electrons. The van der Waals surface area contributed by atoms with Crippen molar-refractivity contribution in [2.75, 3.05) is 7.11 Å². The van der Waals surface area contributed by atoms with Gasteiger partial charge in [0.2, 0.25) is 0 Å². The van der Waals surface area contributed by atoms with E-state index >= 15 is 0 Å². The molecule has 2 rings (SSSR count). The molecular formula is C12H18N2OS. The van der Waals surface area contributed by atoms with Gasteiger partial charge in [-0.25, -0.2) is 4.98 Å². The third-order valence-corrected chi connectivity index (χ3v) is 3.12. The molecule has 0 spiro atoms. The molecule has 3 nitrogen and oxygen atoms in total. The van der Waals surface area contributed by atoms with Crippen molar-refractivity contribution in [1.29, 1.82) is 0 Å². The van der Waals surface area contributed by atoms with Gasteiger partial charge < -0.3 is 9.72 Å². The molecular weight excluding hydrogens is 220 g/mol. The van der Waals surface area contributed by atoms with Gasteiger partial charge in [-0.15, -0.1) is 0 Å². The first-order valence-corrected chi connectivity index (χ1v) is 6.28. The molecule has 0 amide bonds. The van der Waals surface area contributed by atoms with Crippen molar-refractivity contribution >= 4 is 12.2 Å². The number of nitrogens with one attached hydrogen (secondary N) is 1. The molecule has 0 saturated heterocycles. The molecule has 4 heteroatoms. The first-order chi connectivity index (χ1) is 7.74. The van der Waals surface area contributed by atoms with Gasteiger partial charge in [0, 0.05) is 12.8 Å².